The molecule has 0 atom stereocenters. The molecule has 0 spiro atoms. The number of rotatable bonds is 5. The van der Waals surface area contributed by atoms with Gasteiger partial charge in [0.15, 0.2) is 5.88 Å². The van der Waals surface area contributed by atoms with Crippen molar-refractivity contribution in [2.45, 2.75) is 63.1 Å². The summed E-state index contributed by atoms with van der Waals surface area (Å²) in [6.07, 6.45) is 7.57. The van der Waals surface area contributed by atoms with Gasteiger partial charge in [0.2, 0.25) is 0 Å². The van der Waals surface area contributed by atoms with E-state index in [1.807, 2.05) is 6.92 Å². The van der Waals surface area contributed by atoms with Gasteiger partial charge in [-0.3, -0.25) is 4.99 Å². The third kappa shape index (κ3) is 4.51. The molecule has 0 bridgehead atoms. The third-order valence-electron chi connectivity index (χ3n) is 3.93. The van der Waals surface area contributed by atoms with Gasteiger partial charge in [-0.15, -0.1) is 0 Å². The molecule has 19 heavy (non-hydrogen) atoms. The van der Waals surface area contributed by atoms with Crippen LogP contribution in [0.15, 0.2) is 16.4 Å². The molecule has 2 aliphatic carbocycles. The van der Waals surface area contributed by atoms with Crippen molar-refractivity contribution in [3.63, 3.8) is 0 Å². The maximum atomic E-state index is 9.67. The van der Waals surface area contributed by atoms with Gasteiger partial charge in [-0.05, 0) is 45.4 Å². The highest BCUT2D eigenvalue weighted by molar-refractivity contribution is 5.78. The molecule has 2 aliphatic rings. The minimum atomic E-state index is -0.637. The van der Waals surface area contributed by atoms with Crippen LogP contribution in [0.3, 0.4) is 0 Å². The number of nitrogens with zero attached hydrogens (tertiary/aromatic N) is 1. The van der Waals surface area contributed by atoms with Crippen molar-refractivity contribution in [2.24, 2.45) is 16.5 Å². The molecule has 2 rings (SSSR count). The molecular weight excluding hydrogens is 242 g/mol. The Labute approximate surface area is 114 Å². The first-order valence-corrected chi connectivity index (χ1v) is 7.09. The second-order valence-electron chi connectivity index (χ2n) is 5.91. The van der Waals surface area contributed by atoms with Gasteiger partial charge >= 0.3 is 0 Å². The minimum Gasteiger partial charge on any atom is -0.476 e. The number of allylic oxidation sites excluding steroid dienone is 1. The Morgan fingerprint density at radius 2 is 2.00 bits per heavy atom. The summed E-state index contributed by atoms with van der Waals surface area (Å²) in [5, 5.41) is 9.67. The summed E-state index contributed by atoms with van der Waals surface area (Å²) in [4.78, 5) is 4.54. The van der Waals surface area contributed by atoms with Crippen molar-refractivity contribution in [1.82, 2.24) is 0 Å². The lowest BCUT2D eigenvalue weighted by Gasteiger charge is -2.22. The Hall–Kier alpha value is -1.07. The van der Waals surface area contributed by atoms with Crippen LogP contribution in [-0.4, -0.2) is 35.6 Å². The number of hydrogen-bond donors (Lipinski definition) is 3. The Bertz CT molecular complexity index is 367. The molecule has 0 heterocycles. The Balaban J connectivity index is 1.79. The first-order chi connectivity index (χ1) is 8.98. The van der Waals surface area contributed by atoms with Gasteiger partial charge in [0, 0.05) is 17.8 Å². The highest BCUT2D eigenvalue weighted by Gasteiger charge is 2.41. The highest BCUT2D eigenvalue weighted by Crippen LogP contribution is 2.35. The average molecular weight is 267 g/mol. The van der Waals surface area contributed by atoms with Crippen LogP contribution < -0.4 is 11.5 Å². The lowest BCUT2D eigenvalue weighted by molar-refractivity contribution is 0.0510. The molecule has 0 amide bonds. The lowest BCUT2D eigenvalue weighted by Crippen LogP contribution is -2.28. The minimum absolute atomic E-state index is 0.280. The van der Waals surface area contributed by atoms with Gasteiger partial charge in [-0.2, -0.15) is 0 Å². The SMILES string of the molecule is CC(C=NC1CCC(N)CC1)=C(N)OCC1(O)CC1. The lowest BCUT2D eigenvalue weighted by atomic mass is 9.92. The van der Waals surface area contributed by atoms with Gasteiger partial charge < -0.3 is 21.3 Å². The van der Waals surface area contributed by atoms with Crippen LogP contribution >= 0.6 is 0 Å². The maximum Gasteiger partial charge on any atom is 0.188 e. The third-order valence-corrected chi connectivity index (χ3v) is 3.93. The number of aliphatic hydroxyl groups is 1. The first kappa shape index (κ1) is 14.3. The zero-order valence-corrected chi connectivity index (χ0v) is 11.6. The quantitative estimate of drug-likeness (QED) is 0.513. The molecule has 0 aromatic heterocycles. The molecule has 5 heteroatoms. The van der Waals surface area contributed by atoms with E-state index in [0.717, 1.165) is 44.1 Å². The second kappa shape index (κ2) is 5.92. The number of hydrogen-bond acceptors (Lipinski definition) is 5. The van der Waals surface area contributed by atoms with E-state index < -0.39 is 5.60 Å². The Morgan fingerprint density at radius 3 is 2.58 bits per heavy atom. The molecule has 2 saturated carbocycles. The van der Waals surface area contributed by atoms with Crippen molar-refractivity contribution < 1.29 is 9.84 Å². The van der Waals surface area contributed by atoms with Crippen molar-refractivity contribution in [3.05, 3.63) is 11.5 Å². The zero-order valence-electron chi connectivity index (χ0n) is 11.6. The molecule has 0 radical (unpaired) electrons. The van der Waals surface area contributed by atoms with E-state index in [0.29, 0.717) is 18.0 Å². The van der Waals surface area contributed by atoms with Crippen molar-refractivity contribution in [1.29, 1.82) is 0 Å². The van der Waals surface area contributed by atoms with Gasteiger partial charge in [-0.1, -0.05) is 0 Å². The van der Waals surface area contributed by atoms with E-state index in [2.05, 4.69) is 4.99 Å². The summed E-state index contributed by atoms with van der Waals surface area (Å²) in [7, 11) is 0. The fourth-order valence-corrected chi connectivity index (χ4v) is 2.15. The van der Waals surface area contributed by atoms with Crippen LogP contribution in [0, 0.1) is 0 Å². The molecule has 2 fully saturated rings. The summed E-state index contributed by atoms with van der Waals surface area (Å²) in [6.45, 7) is 2.16. The van der Waals surface area contributed by atoms with Crippen LogP contribution in [0.1, 0.15) is 45.4 Å². The van der Waals surface area contributed by atoms with Crippen LogP contribution in [0.25, 0.3) is 0 Å². The topological polar surface area (TPSA) is 93.9 Å². The predicted molar refractivity (Wildman–Crippen MR) is 75.7 cm³/mol. The summed E-state index contributed by atoms with van der Waals surface area (Å²) >= 11 is 0. The Kier molecular flexibility index (Phi) is 4.47. The largest absolute Gasteiger partial charge is 0.476 e. The number of ether oxygens (including phenoxy) is 1. The van der Waals surface area contributed by atoms with E-state index in [4.69, 9.17) is 16.2 Å². The van der Waals surface area contributed by atoms with Crippen LogP contribution in [0.4, 0.5) is 0 Å². The Morgan fingerprint density at radius 1 is 1.37 bits per heavy atom. The monoisotopic (exact) mass is 267 g/mol. The maximum absolute atomic E-state index is 9.67. The van der Waals surface area contributed by atoms with E-state index >= 15 is 0 Å². The van der Waals surface area contributed by atoms with Gasteiger partial charge in [-0.25, -0.2) is 0 Å². The summed E-state index contributed by atoms with van der Waals surface area (Å²) < 4.78 is 5.38. The van der Waals surface area contributed by atoms with Gasteiger partial charge in [0.1, 0.15) is 6.61 Å². The molecule has 0 unspecified atom stereocenters. The summed E-state index contributed by atoms with van der Waals surface area (Å²) in [5.41, 5.74) is 11.9. The average Bonchev–Trinajstić information content (AvgIpc) is 3.13. The van der Waals surface area contributed by atoms with E-state index in [-0.39, 0.29) is 6.61 Å². The van der Waals surface area contributed by atoms with Crippen molar-refractivity contribution >= 4 is 6.21 Å². The molecule has 0 aliphatic heterocycles. The normalized spacial score (nSPS) is 31.1. The van der Waals surface area contributed by atoms with Crippen molar-refractivity contribution in [2.75, 3.05) is 6.61 Å². The van der Waals surface area contributed by atoms with Crippen molar-refractivity contribution in [3.8, 4) is 0 Å². The van der Waals surface area contributed by atoms with Crippen LogP contribution in [0.5, 0.6) is 0 Å². The fourth-order valence-electron chi connectivity index (χ4n) is 2.15. The van der Waals surface area contributed by atoms with Crippen LogP contribution in [-0.2, 0) is 4.74 Å². The molecular formula is C14H25N3O2. The number of nitrogens with two attached hydrogens (primary N) is 2. The zero-order chi connectivity index (χ0) is 13.9. The second-order valence-corrected chi connectivity index (χ2v) is 5.91. The molecule has 0 aromatic carbocycles. The fraction of sp³-hybridized carbons (Fsp3) is 0.786. The first-order valence-electron chi connectivity index (χ1n) is 7.09. The molecule has 108 valence electrons. The summed E-state index contributed by atoms with van der Waals surface area (Å²) in [6, 6.07) is 0.700. The smallest absolute Gasteiger partial charge is 0.188 e. The molecule has 0 saturated heterocycles. The summed E-state index contributed by atoms with van der Waals surface area (Å²) in [5.74, 6) is 0.358. The molecule has 5 nitrogen and oxygen atoms in total. The standard InChI is InChI=1S/C14H25N3O2/c1-10(13(16)19-9-14(18)6-7-14)8-17-12-4-2-11(15)3-5-12/h8,11-12,18H,2-7,9,15-16H2,1H3. The van der Waals surface area contributed by atoms with E-state index in [9.17, 15) is 5.11 Å². The molecule has 0 aromatic rings. The van der Waals surface area contributed by atoms with Gasteiger partial charge in [0.05, 0.1) is 11.6 Å². The highest BCUT2D eigenvalue weighted by atomic mass is 16.5. The predicted octanol–water partition coefficient (Wildman–Crippen LogP) is 1.06. The van der Waals surface area contributed by atoms with E-state index in [1.54, 1.807) is 6.21 Å². The van der Waals surface area contributed by atoms with Gasteiger partial charge in [0.25, 0.3) is 0 Å². The number of aliphatic imine (C=N–C) groups is 1. The molecule has 5 N–H and O–H groups in total. The van der Waals surface area contributed by atoms with E-state index in [1.165, 1.54) is 0 Å². The van der Waals surface area contributed by atoms with Crippen LogP contribution in [0.2, 0.25) is 0 Å².